The van der Waals surface area contributed by atoms with Crippen LogP contribution >= 0.6 is 0 Å². The first-order chi connectivity index (χ1) is 11.1. The molecule has 9 heteroatoms. The van der Waals surface area contributed by atoms with E-state index >= 15 is 0 Å². The van der Waals surface area contributed by atoms with E-state index in [2.05, 4.69) is 48.8 Å². The lowest BCUT2D eigenvalue weighted by molar-refractivity contribution is -0.00928. The van der Waals surface area contributed by atoms with Crippen molar-refractivity contribution in [1.29, 1.82) is 0 Å². The Bertz CT molecular complexity index is 742. The SMILES string of the molecule is CC(C)(C)[Si](C)(C)O[C@@H]1[C@H](O)CO[C@H]1n1cnc2c(N)ncnc21. The molecule has 3 heterocycles. The molecule has 24 heavy (non-hydrogen) atoms. The minimum atomic E-state index is -2.08. The highest BCUT2D eigenvalue weighted by molar-refractivity contribution is 6.74. The fourth-order valence-corrected chi connectivity index (χ4v) is 3.83. The van der Waals surface area contributed by atoms with Crippen LogP contribution in [0.3, 0.4) is 0 Å². The van der Waals surface area contributed by atoms with Crippen LogP contribution in [0.25, 0.3) is 11.2 Å². The van der Waals surface area contributed by atoms with Crippen LogP contribution in [-0.4, -0.2) is 51.8 Å². The van der Waals surface area contributed by atoms with E-state index in [-0.39, 0.29) is 11.6 Å². The summed E-state index contributed by atoms with van der Waals surface area (Å²) < 4.78 is 14.0. The van der Waals surface area contributed by atoms with Gasteiger partial charge in [0, 0.05) is 0 Å². The molecule has 0 aromatic carbocycles. The Kier molecular flexibility index (Phi) is 4.15. The lowest BCUT2D eigenvalue weighted by Crippen LogP contribution is -2.48. The van der Waals surface area contributed by atoms with Gasteiger partial charge in [0.1, 0.15) is 24.1 Å². The largest absolute Gasteiger partial charge is 0.407 e. The molecular formula is C15H25N5O3Si. The van der Waals surface area contributed by atoms with Crippen LogP contribution in [0.5, 0.6) is 0 Å². The molecule has 3 rings (SSSR count). The molecule has 0 radical (unpaired) electrons. The number of aromatic nitrogens is 4. The molecule has 0 aliphatic carbocycles. The predicted octanol–water partition coefficient (Wildman–Crippen LogP) is 1.69. The van der Waals surface area contributed by atoms with Gasteiger partial charge in [-0.2, -0.15) is 0 Å². The summed E-state index contributed by atoms with van der Waals surface area (Å²) in [4.78, 5) is 12.5. The molecule has 1 fully saturated rings. The number of nitrogens with zero attached hydrogens (tertiary/aromatic N) is 4. The Balaban J connectivity index is 1.96. The first kappa shape index (κ1) is 17.3. The van der Waals surface area contributed by atoms with Crippen LogP contribution in [0, 0.1) is 0 Å². The number of nitrogen functional groups attached to an aromatic ring is 1. The molecule has 0 bridgehead atoms. The summed E-state index contributed by atoms with van der Waals surface area (Å²) in [5.74, 6) is 0.319. The summed E-state index contributed by atoms with van der Waals surface area (Å²) in [5, 5.41) is 10.4. The van der Waals surface area contributed by atoms with Gasteiger partial charge in [-0.1, -0.05) is 20.8 Å². The Morgan fingerprint density at radius 1 is 1.33 bits per heavy atom. The van der Waals surface area contributed by atoms with E-state index < -0.39 is 26.8 Å². The highest BCUT2D eigenvalue weighted by atomic mass is 28.4. The Hall–Kier alpha value is -1.55. The van der Waals surface area contributed by atoms with Gasteiger partial charge in [-0.25, -0.2) is 15.0 Å². The van der Waals surface area contributed by atoms with Crippen molar-refractivity contribution in [3.8, 4) is 0 Å². The van der Waals surface area contributed by atoms with Crippen molar-refractivity contribution in [1.82, 2.24) is 19.5 Å². The van der Waals surface area contributed by atoms with Gasteiger partial charge in [0.2, 0.25) is 0 Å². The van der Waals surface area contributed by atoms with E-state index in [1.165, 1.54) is 6.33 Å². The van der Waals surface area contributed by atoms with Crippen molar-refractivity contribution in [2.24, 2.45) is 0 Å². The van der Waals surface area contributed by atoms with Gasteiger partial charge < -0.3 is 20.0 Å². The minimum absolute atomic E-state index is 0.0312. The zero-order chi connectivity index (χ0) is 17.7. The molecule has 0 unspecified atom stereocenters. The van der Waals surface area contributed by atoms with Crippen molar-refractivity contribution in [3.05, 3.63) is 12.7 Å². The van der Waals surface area contributed by atoms with Crippen LogP contribution in [0.1, 0.15) is 27.0 Å². The van der Waals surface area contributed by atoms with Gasteiger partial charge >= 0.3 is 0 Å². The molecular weight excluding hydrogens is 326 g/mol. The van der Waals surface area contributed by atoms with Crippen molar-refractivity contribution in [3.63, 3.8) is 0 Å². The second-order valence-corrected chi connectivity index (χ2v) is 12.5. The Morgan fingerprint density at radius 3 is 2.71 bits per heavy atom. The van der Waals surface area contributed by atoms with Gasteiger partial charge in [0.05, 0.1) is 12.9 Å². The quantitative estimate of drug-likeness (QED) is 0.810. The van der Waals surface area contributed by atoms with Gasteiger partial charge in [0.25, 0.3) is 0 Å². The first-order valence-electron chi connectivity index (χ1n) is 8.02. The number of hydrogen-bond acceptors (Lipinski definition) is 7. The number of imidazole rings is 1. The van der Waals surface area contributed by atoms with Crippen molar-refractivity contribution in [2.75, 3.05) is 12.3 Å². The molecule has 0 amide bonds. The highest BCUT2D eigenvalue weighted by Gasteiger charge is 2.46. The number of fused-ring (bicyclic) bond motifs is 1. The predicted molar refractivity (Wildman–Crippen MR) is 92.8 cm³/mol. The van der Waals surface area contributed by atoms with Crippen LogP contribution < -0.4 is 5.73 Å². The molecule has 0 saturated carbocycles. The van der Waals surface area contributed by atoms with Gasteiger partial charge in [-0.05, 0) is 18.1 Å². The third-order valence-electron chi connectivity index (χ3n) is 5.00. The molecule has 0 spiro atoms. The fourth-order valence-electron chi connectivity index (χ4n) is 2.53. The normalized spacial score (nSPS) is 25.5. The van der Waals surface area contributed by atoms with Crippen LogP contribution in [0.4, 0.5) is 5.82 Å². The average molecular weight is 351 g/mol. The summed E-state index contributed by atoms with van der Waals surface area (Å²) >= 11 is 0. The number of aliphatic hydroxyl groups excluding tert-OH is 1. The maximum atomic E-state index is 10.4. The van der Waals surface area contributed by atoms with Crippen LogP contribution in [-0.2, 0) is 9.16 Å². The summed E-state index contributed by atoms with van der Waals surface area (Å²) in [6.07, 6.45) is 1.35. The number of rotatable bonds is 3. The van der Waals surface area contributed by atoms with Crippen molar-refractivity contribution in [2.45, 2.75) is 57.3 Å². The first-order valence-corrected chi connectivity index (χ1v) is 10.9. The maximum absolute atomic E-state index is 10.4. The van der Waals surface area contributed by atoms with E-state index in [1.807, 2.05) is 0 Å². The van der Waals surface area contributed by atoms with E-state index in [1.54, 1.807) is 10.9 Å². The maximum Gasteiger partial charge on any atom is 0.192 e. The zero-order valence-electron chi connectivity index (χ0n) is 14.7. The molecule has 1 saturated heterocycles. The molecule has 3 N–H and O–H groups in total. The summed E-state index contributed by atoms with van der Waals surface area (Å²) in [6, 6.07) is 0. The lowest BCUT2D eigenvalue weighted by atomic mass is 10.2. The van der Waals surface area contributed by atoms with Gasteiger partial charge in [-0.3, -0.25) is 4.57 Å². The molecule has 8 nitrogen and oxygen atoms in total. The fraction of sp³-hybridized carbons (Fsp3) is 0.667. The second kappa shape index (κ2) is 5.76. The number of anilines is 1. The topological polar surface area (TPSA) is 108 Å². The molecule has 132 valence electrons. The number of nitrogens with two attached hydrogens (primary N) is 1. The van der Waals surface area contributed by atoms with E-state index in [0.29, 0.717) is 17.0 Å². The summed E-state index contributed by atoms with van der Waals surface area (Å²) in [6.45, 7) is 11.0. The molecule has 3 atom stereocenters. The van der Waals surface area contributed by atoms with E-state index in [9.17, 15) is 5.11 Å². The standard InChI is InChI=1S/C15H25N5O3Si/c1-15(2,3)24(4,5)23-11-9(21)6-22-14(11)20-8-19-10-12(16)17-7-18-13(10)20/h7-9,11,14,21H,6H2,1-5H3,(H2,16,17,18)/t9-,11-,14-/m1/s1. The number of hydrogen-bond donors (Lipinski definition) is 2. The molecule has 1 aliphatic rings. The highest BCUT2D eigenvalue weighted by Crippen LogP contribution is 2.41. The van der Waals surface area contributed by atoms with Crippen LogP contribution in [0.15, 0.2) is 12.7 Å². The number of ether oxygens (including phenoxy) is 1. The third kappa shape index (κ3) is 2.81. The van der Waals surface area contributed by atoms with E-state index in [4.69, 9.17) is 14.9 Å². The van der Waals surface area contributed by atoms with E-state index in [0.717, 1.165) is 0 Å². The van der Waals surface area contributed by atoms with Crippen LogP contribution in [0.2, 0.25) is 18.1 Å². The molecule has 2 aromatic rings. The molecule has 1 aliphatic heterocycles. The number of aliphatic hydroxyl groups is 1. The minimum Gasteiger partial charge on any atom is -0.407 e. The smallest absolute Gasteiger partial charge is 0.192 e. The lowest BCUT2D eigenvalue weighted by Gasteiger charge is -2.40. The molecule has 2 aromatic heterocycles. The second-order valence-electron chi connectivity index (χ2n) is 7.72. The van der Waals surface area contributed by atoms with Gasteiger partial charge in [0.15, 0.2) is 26.0 Å². The summed E-state index contributed by atoms with van der Waals surface area (Å²) in [5.41, 5.74) is 6.94. The van der Waals surface area contributed by atoms with Crippen molar-refractivity contribution < 1.29 is 14.3 Å². The average Bonchev–Trinajstić information content (AvgIpc) is 3.03. The Morgan fingerprint density at radius 2 is 2.04 bits per heavy atom. The summed E-state index contributed by atoms with van der Waals surface area (Å²) in [7, 11) is -2.08. The third-order valence-corrected chi connectivity index (χ3v) is 9.47. The van der Waals surface area contributed by atoms with Crippen molar-refractivity contribution >= 4 is 25.3 Å². The Labute approximate surface area is 142 Å². The zero-order valence-corrected chi connectivity index (χ0v) is 15.7. The van der Waals surface area contributed by atoms with Gasteiger partial charge in [-0.15, -0.1) is 0 Å². The monoisotopic (exact) mass is 351 g/mol.